The van der Waals surface area contributed by atoms with Crippen LogP contribution in [0.25, 0.3) is 0 Å². The number of imidazole rings is 1. The van der Waals surface area contributed by atoms with Gasteiger partial charge in [0.2, 0.25) is 12.3 Å². The third-order valence-corrected chi connectivity index (χ3v) is 7.25. The fraction of sp³-hybridized carbons (Fsp3) is 0.485. The smallest absolute Gasteiger partial charge is 0.256 e. The molecule has 3 unspecified atom stereocenters. The molecule has 47 heavy (non-hydrogen) atoms. The van der Waals surface area contributed by atoms with Crippen LogP contribution >= 0.6 is 0 Å². The van der Waals surface area contributed by atoms with Gasteiger partial charge >= 0.3 is 0 Å². The van der Waals surface area contributed by atoms with E-state index in [1.54, 1.807) is 24.2 Å². The lowest BCUT2D eigenvalue weighted by Gasteiger charge is -2.33. The molecule has 1 aromatic heterocycles. The van der Waals surface area contributed by atoms with Crippen LogP contribution in [0.2, 0.25) is 0 Å². The van der Waals surface area contributed by atoms with E-state index in [2.05, 4.69) is 28.8 Å². The number of anilines is 2. The average Bonchev–Trinajstić information content (AvgIpc) is 3.62. The van der Waals surface area contributed by atoms with Gasteiger partial charge in [0.05, 0.1) is 37.6 Å². The maximum absolute atomic E-state index is 14.1. The number of likely N-dealkylation sites (tertiary alicyclic amines) is 1. The molecule has 0 spiro atoms. The van der Waals surface area contributed by atoms with Gasteiger partial charge in [0.1, 0.15) is 0 Å². The second kappa shape index (κ2) is 18.6. The second-order valence-corrected chi connectivity index (χ2v) is 10.8. The van der Waals surface area contributed by atoms with Crippen LogP contribution < -0.4 is 20.1 Å². The zero-order chi connectivity index (χ0) is 34.3. The van der Waals surface area contributed by atoms with Gasteiger partial charge < -0.3 is 43.8 Å². The molecule has 0 saturated carbocycles. The number of hydrogen-bond donors (Lipinski definition) is 2. The summed E-state index contributed by atoms with van der Waals surface area (Å²) in [6, 6.07) is 2.48. The first kappa shape index (κ1) is 36.9. The average molecular weight is 656 g/mol. The van der Waals surface area contributed by atoms with E-state index in [-0.39, 0.29) is 66.5 Å². The third-order valence-electron chi connectivity index (χ3n) is 7.25. The lowest BCUT2D eigenvalue weighted by atomic mass is 10.1. The Hall–Kier alpha value is -4.53. The van der Waals surface area contributed by atoms with Gasteiger partial charge in [0.25, 0.3) is 5.91 Å². The van der Waals surface area contributed by atoms with E-state index in [0.717, 1.165) is 12.0 Å². The van der Waals surface area contributed by atoms with Crippen molar-refractivity contribution in [1.82, 2.24) is 14.5 Å². The summed E-state index contributed by atoms with van der Waals surface area (Å²) < 4.78 is 31.0. The molecule has 3 amide bonds. The van der Waals surface area contributed by atoms with Crippen LogP contribution in [0.1, 0.15) is 66.9 Å². The molecule has 0 aliphatic carbocycles. The number of benzene rings is 1. The molecule has 3 atom stereocenters. The van der Waals surface area contributed by atoms with Crippen LogP contribution in [-0.2, 0) is 30.8 Å². The lowest BCUT2D eigenvalue weighted by Crippen LogP contribution is -2.47. The van der Waals surface area contributed by atoms with E-state index in [1.165, 1.54) is 23.8 Å². The zero-order valence-corrected chi connectivity index (χ0v) is 27.5. The van der Waals surface area contributed by atoms with E-state index in [1.807, 2.05) is 13.8 Å². The van der Waals surface area contributed by atoms with Crippen molar-refractivity contribution in [2.75, 3.05) is 44.1 Å². The monoisotopic (exact) mass is 655 g/mol. The second-order valence-electron chi connectivity index (χ2n) is 10.8. The number of amides is 3. The van der Waals surface area contributed by atoms with Crippen molar-refractivity contribution in [2.45, 2.75) is 64.6 Å². The molecule has 14 heteroatoms. The number of carbonyl (C=O) groups excluding carboxylic acids is 4. The highest BCUT2D eigenvalue weighted by atomic mass is 16.8. The Morgan fingerprint density at radius 1 is 1.19 bits per heavy atom. The van der Waals surface area contributed by atoms with Crippen molar-refractivity contribution in [2.24, 2.45) is 7.05 Å². The highest BCUT2D eigenvalue weighted by molar-refractivity contribution is 6.02. The van der Waals surface area contributed by atoms with Crippen molar-refractivity contribution in [3.63, 3.8) is 0 Å². The predicted molar refractivity (Wildman–Crippen MR) is 175 cm³/mol. The normalized spacial score (nSPS) is 15.5. The molecular weight excluding hydrogens is 610 g/mol. The van der Waals surface area contributed by atoms with Crippen molar-refractivity contribution in [3.05, 3.63) is 54.5 Å². The maximum Gasteiger partial charge on any atom is 0.256 e. The van der Waals surface area contributed by atoms with Gasteiger partial charge in [-0.1, -0.05) is 31.6 Å². The largest absolute Gasteiger partial charge is 0.493 e. The van der Waals surface area contributed by atoms with E-state index >= 15 is 0 Å². The molecule has 0 radical (unpaired) electrons. The van der Waals surface area contributed by atoms with Gasteiger partial charge in [-0.2, -0.15) is 0 Å². The van der Waals surface area contributed by atoms with E-state index in [0.29, 0.717) is 38.6 Å². The highest BCUT2D eigenvalue weighted by Gasteiger charge is 2.40. The van der Waals surface area contributed by atoms with E-state index < -0.39 is 24.5 Å². The number of hydrogen-bond acceptors (Lipinski definition) is 10. The van der Waals surface area contributed by atoms with Gasteiger partial charge in [-0.15, -0.1) is 6.58 Å². The number of methoxy groups -OCH3 is 1. The molecule has 2 aromatic rings. The summed E-state index contributed by atoms with van der Waals surface area (Å²) in [5.41, 5.74) is 1.19. The topological polar surface area (TPSA) is 160 Å². The highest BCUT2D eigenvalue weighted by Crippen LogP contribution is 2.37. The summed E-state index contributed by atoms with van der Waals surface area (Å²) in [6.07, 6.45) is 5.24. The van der Waals surface area contributed by atoms with Crippen LogP contribution in [-0.4, -0.2) is 91.1 Å². The van der Waals surface area contributed by atoms with Crippen molar-refractivity contribution >= 4 is 36.0 Å². The Balaban J connectivity index is 1.77. The number of nitrogens with zero attached hydrogens (tertiary/aromatic N) is 3. The number of aldehydes is 1. The van der Waals surface area contributed by atoms with Crippen LogP contribution in [0.5, 0.6) is 11.5 Å². The third kappa shape index (κ3) is 10.2. The van der Waals surface area contributed by atoms with E-state index in [4.69, 9.17) is 23.7 Å². The summed E-state index contributed by atoms with van der Waals surface area (Å²) in [6.45, 7) is 12.8. The molecule has 1 aromatic carbocycles. The standard InChI is InChI=1S/C33H45N5O9/c1-7-11-31(44-9-3)47-33(46-13-8-2)25-15-22(4)18-38(25)32(42)23-16-26(43-6)27(17-24(23)34-21-40)45-14-10-12-30(41)36-28-19-37(5)29(20-39)35-28/h8,16-17,19-21,25,31,33H,2,4,7,9-15,18H2,1,3,5-6H3,(H,34,40)(H,36,41). The first-order valence-corrected chi connectivity index (χ1v) is 15.5. The molecule has 0 bridgehead atoms. The van der Waals surface area contributed by atoms with Gasteiger partial charge in [0.15, 0.2) is 42.0 Å². The molecule has 1 aliphatic rings. The minimum absolute atomic E-state index is 0.116. The Morgan fingerprint density at radius 3 is 2.62 bits per heavy atom. The maximum atomic E-state index is 14.1. The molecule has 14 nitrogen and oxygen atoms in total. The number of ether oxygens (including phenoxy) is 5. The summed E-state index contributed by atoms with van der Waals surface area (Å²) in [5, 5.41) is 5.24. The quantitative estimate of drug-likeness (QED) is 0.0868. The number of carbonyl (C=O) groups is 4. The van der Waals surface area contributed by atoms with Gasteiger partial charge in [-0.05, 0) is 32.3 Å². The summed E-state index contributed by atoms with van der Waals surface area (Å²) >= 11 is 0. The first-order valence-electron chi connectivity index (χ1n) is 15.5. The first-order chi connectivity index (χ1) is 22.7. The molecule has 1 aliphatic heterocycles. The van der Waals surface area contributed by atoms with Crippen LogP contribution in [0.4, 0.5) is 11.5 Å². The van der Waals surface area contributed by atoms with Gasteiger partial charge in [0, 0.05) is 38.9 Å². The molecule has 3 rings (SSSR count). The lowest BCUT2D eigenvalue weighted by molar-refractivity contribution is -0.257. The van der Waals surface area contributed by atoms with Gasteiger partial charge in [-0.25, -0.2) is 4.98 Å². The number of rotatable bonds is 21. The Bertz CT molecular complexity index is 1400. The summed E-state index contributed by atoms with van der Waals surface area (Å²) in [4.78, 5) is 54.7. The van der Waals surface area contributed by atoms with Crippen molar-refractivity contribution in [3.8, 4) is 11.5 Å². The molecular formula is C33H45N5O9. The fourth-order valence-electron chi connectivity index (χ4n) is 5.08. The van der Waals surface area contributed by atoms with Crippen molar-refractivity contribution in [1.29, 1.82) is 0 Å². The number of aryl methyl sites for hydroxylation is 1. The van der Waals surface area contributed by atoms with Crippen LogP contribution in [0.15, 0.2) is 43.1 Å². The van der Waals surface area contributed by atoms with E-state index in [9.17, 15) is 19.2 Å². The van der Waals surface area contributed by atoms with Crippen LogP contribution in [0.3, 0.4) is 0 Å². The molecule has 1 fully saturated rings. The van der Waals surface area contributed by atoms with Crippen molar-refractivity contribution < 1.29 is 42.9 Å². The Labute approximate surface area is 275 Å². The molecule has 256 valence electrons. The summed E-state index contributed by atoms with van der Waals surface area (Å²) in [7, 11) is 3.09. The molecule has 2 heterocycles. The minimum Gasteiger partial charge on any atom is -0.493 e. The molecule has 1 saturated heterocycles. The SMILES string of the molecule is C=CCOC(OC(CCC)OCC)C1CC(=C)CN1C(=O)c1cc(OC)c(OCCCC(=O)Nc2cn(C)c(C=O)n2)cc1NC=O. The van der Waals surface area contributed by atoms with Gasteiger partial charge in [-0.3, -0.25) is 19.2 Å². The van der Waals surface area contributed by atoms with Crippen LogP contribution in [0, 0.1) is 0 Å². The zero-order valence-electron chi connectivity index (χ0n) is 27.5. The minimum atomic E-state index is -0.826. The Kier molecular flexibility index (Phi) is 14.6. The predicted octanol–water partition coefficient (Wildman–Crippen LogP) is 4.09. The summed E-state index contributed by atoms with van der Waals surface area (Å²) in [5.74, 6) is 0.296. The number of nitrogens with one attached hydrogen (secondary N) is 2. The number of aromatic nitrogens is 2. The fourth-order valence-corrected chi connectivity index (χ4v) is 5.08. The molecule has 2 N–H and O–H groups in total. The Morgan fingerprint density at radius 2 is 1.98 bits per heavy atom.